The Balaban J connectivity index is 1.44. The van der Waals surface area contributed by atoms with Crippen LogP contribution >= 0.6 is 0 Å². The van der Waals surface area contributed by atoms with E-state index >= 15 is 0 Å². The molecule has 6 nitrogen and oxygen atoms in total. The maximum Gasteiger partial charge on any atom is 0.251 e. The van der Waals surface area contributed by atoms with Crippen LogP contribution in [0, 0.1) is 11.3 Å². The van der Waals surface area contributed by atoms with Gasteiger partial charge in [-0.2, -0.15) is 0 Å². The first-order valence-corrected chi connectivity index (χ1v) is 8.87. The molecule has 23 heavy (non-hydrogen) atoms. The number of amides is 1. The van der Waals surface area contributed by atoms with Crippen LogP contribution in [0.2, 0.25) is 0 Å². The Morgan fingerprint density at radius 3 is 2.43 bits per heavy atom. The van der Waals surface area contributed by atoms with Gasteiger partial charge in [-0.15, -0.1) is 0 Å². The van der Waals surface area contributed by atoms with E-state index in [-0.39, 0.29) is 12.0 Å². The average molecular weight is 322 g/mol. The predicted molar refractivity (Wildman–Crippen MR) is 90.4 cm³/mol. The van der Waals surface area contributed by atoms with Crippen LogP contribution < -0.4 is 5.32 Å². The maximum absolute atomic E-state index is 12.4. The second-order valence-corrected chi connectivity index (χ2v) is 7.63. The highest BCUT2D eigenvalue weighted by Crippen LogP contribution is 2.50. The SMILES string of the molecule is CN=C(NCC1CC1(C)C)N1CCN(C(=O)C2CCCO2)CC1. The molecule has 2 atom stereocenters. The largest absolute Gasteiger partial charge is 0.368 e. The van der Waals surface area contributed by atoms with Crippen molar-refractivity contribution in [2.75, 3.05) is 46.4 Å². The van der Waals surface area contributed by atoms with Crippen molar-refractivity contribution in [3.05, 3.63) is 0 Å². The number of carbonyl (C=O) groups excluding carboxylic acids is 1. The van der Waals surface area contributed by atoms with Crippen LogP contribution in [0.15, 0.2) is 4.99 Å². The molecule has 6 heteroatoms. The highest BCUT2D eigenvalue weighted by molar-refractivity contribution is 5.82. The van der Waals surface area contributed by atoms with Crippen molar-refractivity contribution in [1.82, 2.24) is 15.1 Å². The Bertz CT molecular complexity index is 463. The molecule has 0 aromatic carbocycles. The van der Waals surface area contributed by atoms with E-state index in [0.717, 1.165) is 64.0 Å². The minimum Gasteiger partial charge on any atom is -0.368 e. The average Bonchev–Trinajstić information content (AvgIpc) is 2.95. The lowest BCUT2D eigenvalue weighted by atomic mass is 10.1. The Morgan fingerprint density at radius 2 is 1.91 bits per heavy atom. The minimum atomic E-state index is -0.198. The molecule has 3 fully saturated rings. The summed E-state index contributed by atoms with van der Waals surface area (Å²) in [5.74, 6) is 1.89. The van der Waals surface area contributed by atoms with Crippen molar-refractivity contribution in [2.45, 2.75) is 39.2 Å². The normalized spacial score (nSPS) is 30.5. The minimum absolute atomic E-state index is 0.171. The van der Waals surface area contributed by atoms with E-state index in [4.69, 9.17) is 4.74 Å². The molecular weight excluding hydrogens is 292 g/mol. The zero-order valence-electron chi connectivity index (χ0n) is 14.7. The summed E-state index contributed by atoms with van der Waals surface area (Å²) in [5, 5.41) is 3.50. The van der Waals surface area contributed by atoms with Gasteiger partial charge in [0.25, 0.3) is 5.91 Å². The Morgan fingerprint density at radius 1 is 1.26 bits per heavy atom. The summed E-state index contributed by atoms with van der Waals surface area (Å²) in [4.78, 5) is 21.0. The number of guanidine groups is 1. The van der Waals surface area contributed by atoms with E-state index in [1.54, 1.807) is 0 Å². The van der Waals surface area contributed by atoms with Crippen LogP contribution in [0.5, 0.6) is 0 Å². The summed E-state index contributed by atoms with van der Waals surface area (Å²) in [5.41, 5.74) is 0.484. The van der Waals surface area contributed by atoms with E-state index in [0.29, 0.717) is 5.41 Å². The van der Waals surface area contributed by atoms with Crippen molar-refractivity contribution in [2.24, 2.45) is 16.3 Å². The summed E-state index contributed by atoms with van der Waals surface area (Å²) in [6.45, 7) is 9.55. The van der Waals surface area contributed by atoms with Gasteiger partial charge in [-0.25, -0.2) is 0 Å². The number of nitrogens with one attached hydrogen (secondary N) is 1. The van der Waals surface area contributed by atoms with E-state index in [1.807, 2.05) is 11.9 Å². The molecule has 1 aliphatic carbocycles. The van der Waals surface area contributed by atoms with E-state index in [2.05, 4.69) is 29.1 Å². The molecule has 1 saturated carbocycles. The zero-order chi connectivity index (χ0) is 16.4. The summed E-state index contributed by atoms with van der Waals surface area (Å²) < 4.78 is 5.51. The number of carbonyl (C=O) groups is 1. The topological polar surface area (TPSA) is 57.2 Å². The van der Waals surface area contributed by atoms with Crippen molar-refractivity contribution >= 4 is 11.9 Å². The summed E-state index contributed by atoms with van der Waals surface area (Å²) >= 11 is 0. The molecule has 0 radical (unpaired) electrons. The quantitative estimate of drug-likeness (QED) is 0.620. The van der Waals surface area contributed by atoms with Crippen LogP contribution in [-0.4, -0.2) is 74.1 Å². The van der Waals surface area contributed by atoms with Crippen LogP contribution in [0.3, 0.4) is 0 Å². The van der Waals surface area contributed by atoms with Crippen LogP contribution in [0.4, 0.5) is 0 Å². The number of rotatable bonds is 3. The first kappa shape index (κ1) is 16.6. The number of aliphatic imine (C=N–C) groups is 1. The second-order valence-electron chi connectivity index (χ2n) is 7.63. The van der Waals surface area contributed by atoms with Gasteiger partial charge in [0.15, 0.2) is 5.96 Å². The molecule has 2 saturated heterocycles. The van der Waals surface area contributed by atoms with Gasteiger partial charge in [0, 0.05) is 46.4 Å². The number of hydrogen-bond acceptors (Lipinski definition) is 3. The molecule has 2 unspecified atom stereocenters. The Hall–Kier alpha value is -1.30. The third kappa shape index (κ3) is 3.79. The van der Waals surface area contributed by atoms with Crippen molar-refractivity contribution < 1.29 is 9.53 Å². The fourth-order valence-electron chi connectivity index (χ4n) is 3.59. The zero-order valence-corrected chi connectivity index (χ0v) is 14.7. The van der Waals surface area contributed by atoms with Gasteiger partial charge in [-0.05, 0) is 30.6 Å². The molecule has 2 aliphatic heterocycles. The fraction of sp³-hybridized carbons (Fsp3) is 0.882. The second kappa shape index (κ2) is 6.67. The van der Waals surface area contributed by atoms with Crippen LogP contribution in [0.25, 0.3) is 0 Å². The summed E-state index contributed by atoms with van der Waals surface area (Å²) in [6.07, 6.45) is 2.97. The third-order valence-electron chi connectivity index (χ3n) is 5.53. The molecule has 3 rings (SSSR count). The van der Waals surface area contributed by atoms with Gasteiger partial charge in [-0.3, -0.25) is 9.79 Å². The van der Waals surface area contributed by atoms with Crippen molar-refractivity contribution in [3.8, 4) is 0 Å². The lowest BCUT2D eigenvalue weighted by Gasteiger charge is -2.37. The maximum atomic E-state index is 12.4. The number of hydrogen-bond donors (Lipinski definition) is 1. The lowest BCUT2D eigenvalue weighted by molar-refractivity contribution is -0.142. The molecule has 0 aromatic rings. The molecule has 2 heterocycles. The van der Waals surface area contributed by atoms with Crippen LogP contribution in [0.1, 0.15) is 33.1 Å². The van der Waals surface area contributed by atoms with Crippen LogP contribution in [-0.2, 0) is 9.53 Å². The molecule has 0 aromatic heterocycles. The van der Waals surface area contributed by atoms with Gasteiger partial charge < -0.3 is 19.9 Å². The Kier molecular flexibility index (Phi) is 4.80. The van der Waals surface area contributed by atoms with Gasteiger partial charge >= 0.3 is 0 Å². The molecular formula is C17H30N4O2. The monoisotopic (exact) mass is 322 g/mol. The highest BCUT2D eigenvalue weighted by Gasteiger charge is 2.45. The van der Waals surface area contributed by atoms with E-state index in [9.17, 15) is 4.79 Å². The molecule has 0 bridgehead atoms. The number of nitrogens with zero attached hydrogens (tertiary/aromatic N) is 3. The standard InChI is InChI=1S/C17H30N4O2/c1-17(2)11-13(17)12-19-16(18-3)21-8-6-20(7-9-21)15(22)14-5-4-10-23-14/h13-14H,4-12H2,1-3H3,(H,18,19). The first-order valence-electron chi connectivity index (χ1n) is 8.87. The molecule has 0 spiro atoms. The fourth-order valence-corrected chi connectivity index (χ4v) is 3.59. The van der Waals surface area contributed by atoms with E-state index < -0.39 is 0 Å². The Labute approximate surface area is 139 Å². The lowest BCUT2D eigenvalue weighted by Crippen LogP contribution is -2.55. The van der Waals surface area contributed by atoms with Crippen molar-refractivity contribution in [3.63, 3.8) is 0 Å². The molecule has 3 aliphatic rings. The van der Waals surface area contributed by atoms with Crippen molar-refractivity contribution in [1.29, 1.82) is 0 Å². The highest BCUT2D eigenvalue weighted by atomic mass is 16.5. The number of piperazine rings is 1. The van der Waals surface area contributed by atoms with E-state index in [1.165, 1.54) is 6.42 Å². The van der Waals surface area contributed by atoms with Gasteiger partial charge in [0.2, 0.25) is 0 Å². The first-order chi connectivity index (χ1) is 11.0. The summed E-state index contributed by atoms with van der Waals surface area (Å²) in [7, 11) is 1.84. The number of ether oxygens (including phenoxy) is 1. The van der Waals surface area contributed by atoms with Gasteiger partial charge in [0.1, 0.15) is 6.10 Å². The molecule has 130 valence electrons. The molecule has 1 amide bonds. The van der Waals surface area contributed by atoms with Gasteiger partial charge in [0.05, 0.1) is 0 Å². The van der Waals surface area contributed by atoms with Gasteiger partial charge in [-0.1, -0.05) is 13.8 Å². The third-order valence-corrected chi connectivity index (χ3v) is 5.53. The molecule has 1 N–H and O–H groups in total. The summed E-state index contributed by atoms with van der Waals surface area (Å²) in [6, 6.07) is 0. The predicted octanol–water partition coefficient (Wildman–Crippen LogP) is 0.931. The smallest absolute Gasteiger partial charge is 0.251 e.